The number of hydrogen-bond acceptors (Lipinski definition) is 5. The van der Waals surface area contributed by atoms with Crippen LogP contribution >= 0.6 is 0 Å². The number of halogens is 4. The van der Waals surface area contributed by atoms with Crippen molar-refractivity contribution in [3.8, 4) is 0 Å². The molecule has 0 spiro atoms. The van der Waals surface area contributed by atoms with E-state index in [0.717, 1.165) is 0 Å². The van der Waals surface area contributed by atoms with Crippen molar-refractivity contribution < 1.29 is 17.6 Å². The molecule has 3 heterocycles. The Kier molecular flexibility index (Phi) is 7.69. The van der Waals surface area contributed by atoms with E-state index in [1.54, 1.807) is 6.07 Å². The van der Waals surface area contributed by atoms with Crippen LogP contribution in [-0.4, -0.2) is 59.6 Å². The molecule has 6 nitrogen and oxygen atoms in total. The lowest BCUT2D eigenvalue weighted by atomic mass is 10.1. The summed E-state index contributed by atoms with van der Waals surface area (Å²) in [5.41, 5.74) is 1.94. The average Bonchev–Trinajstić information content (AvgIpc) is 3.15. The Hall–Kier alpha value is -2.59. The molecule has 2 atom stereocenters. The quantitative estimate of drug-likeness (QED) is 0.369. The van der Waals surface area contributed by atoms with Gasteiger partial charge in [-0.15, -0.1) is 0 Å². The van der Waals surface area contributed by atoms with Crippen molar-refractivity contribution >= 4 is 18.1 Å². The third kappa shape index (κ3) is 5.73. The van der Waals surface area contributed by atoms with Crippen LogP contribution in [0.4, 0.5) is 17.6 Å². The zero-order valence-corrected chi connectivity index (χ0v) is 16.4. The Bertz CT molecular complexity index is 923. The number of aryl methyl sites for hydroxylation is 1. The molecule has 0 aliphatic carbocycles. The summed E-state index contributed by atoms with van der Waals surface area (Å²) < 4.78 is 54.2. The van der Waals surface area contributed by atoms with Crippen LogP contribution in [-0.2, 0) is 6.42 Å². The van der Waals surface area contributed by atoms with Crippen molar-refractivity contribution in [2.24, 2.45) is 4.99 Å². The molecule has 162 valence electrons. The molecule has 2 unspecified atom stereocenters. The van der Waals surface area contributed by atoms with Crippen LogP contribution in [0.5, 0.6) is 0 Å². The van der Waals surface area contributed by atoms with Gasteiger partial charge in [0.1, 0.15) is 17.7 Å². The van der Waals surface area contributed by atoms with Gasteiger partial charge in [-0.3, -0.25) is 4.99 Å². The van der Waals surface area contributed by atoms with Crippen molar-refractivity contribution in [2.75, 3.05) is 19.6 Å². The van der Waals surface area contributed by atoms with Crippen LogP contribution in [0.15, 0.2) is 41.4 Å². The Morgan fingerprint density at radius 2 is 2.23 bits per heavy atom. The molecule has 0 bridgehead atoms. The lowest BCUT2D eigenvalue weighted by Crippen LogP contribution is -2.50. The number of aliphatic imine (C=N–C) groups is 1. The third-order valence-electron chi connectivity index (χ3n) is 4.85. The highest BCUT2D eigenvalue weighted by Crippen LogP contribution is 2.19. The minimum Gasteiger partial charge on any atom is -0.315 e. The first-order valence-electron chi connectivity index (χ1n) is 9.70. The summed E-state index contributed by atoms with van der Waals surface area (Å²) in [5, 5.41) is 10.2. The molecule has 0 saturated carbocycles. The summed E-state index contributed by atoms with van der Waals surface area (Å²) >= 11 is 0. The van der Waals surface area contributed by atoms with Gasteiger partial charge in [0.2, 0.25) is 6.43 Å². The Balaban J connectivity index is 1.69. The number of imidazole rings is 1. The fourth-order valence-corrected chi connectivity index (χ4v) is 3.20. The predicted molar refractivity (Wildman–Crippen MR) is 108 cm³/mol. The maximum atomic E-state index is 14.2. The molecule has 1 aliphatic heterocycles. The van der Waals surface area contributed by atoms with E-state index < -0.39 is 24.5 Å². The summed E-state index contributed by atoms with van der Waals surface area (Å²) in [6.45, 7) is 4.47. The first-order chi connectivity index (χ1) is 14.5. The van der Waals surface area contributed by atoms with Gasteiger partial charge in [0.15, 0.2) is 5.65 Å². The van der Waals surface area contributed by atoms with E-state index in [4.69, 9.17) is 0 Å². The van der Waals surface area contributed by atoms with Gasteiger partial charge in [-0.1, -0.05) is 0 Å². The second-order valence-corrected chi connectivity index (χ2v) is 7.03. The fourth-order valence-electron chi connectivity index (χ4n) is 3.20. The van der Waals surface area contributed by atoms with Crippen LogP contribution in [0.1, 0.15) is 24.1 Å². The Morgan fingerprint density at radius 3 is 2.97 bits per heavy atom. The zero-order chi connectivity index (χ0) is 21.5. The maximum absolute atomic E-state index is 14.2. The van der Waals surface area contributed by atoms with E-state index in [0.29, 0.717) is 42.1 Å². The minimum atomic E-state index is -2.38. The Morgan fingerprint density at radius 1 is 1.40 bits per heavy atom. The number of aromatic nitrogens is 3. The number of fused-ring (bicyclic) bond motifs is 1. The topological polar surface area (TPSA) is 66.6 Å². The summed E-state index contributed by atoms with van der Waals surface area (Å²) in [4.78, 5) is 8.12. The molecule has 10 heteroatoms. The molecule has 0 aromatic carbocycles. The molecular formula is C20H24F4N6. The highest BCUT2D eigenvalue weighted by atomic mass is 19.3. The zero-order valence-electron chi connectivity index (χ0n) is 16.4. The van der Waals surface area contributed by atoms with E-state index in [-0.39, 0.29) is 19.4 Å². The highest BCUT2D eigenvalue weighted by molar-refractivity contribution is 5.68. The van der Waals surface area contributed by atoms with Crippen LogP contribution in [0.3, 0.4) is 0 Å². The molecule has 1 saturated heterocycles. The smallest absolute Gasteiger partial charge is 0.239 e. The van der Waals surface area contributed by atoms with E-state index in [1.165, 1.54) is 29.1 Å². The molecule has 2 aromatic rings. The molecule has 2 aromatic heterocycles. The number of piperidine rings is 1. The lowest BCUT2D eigenvalue weighted by molar-refractivity contribution is 0.138. The number of alkyl halides is 3. The molecular weight excluding hydrogens is 400 g/mol. The molecule has 2 N–H and O–H groups in total. The van der Waals surface area contributed by atoms with Crippen molar-refractivity contribution in [3.05, 3.63) is 47.7 Å². The molecule has 30 heavy (non-hydrogen) atoms. The minimum absolute atomic E-state index is 0.105. The second kappa shape index (κ2) is 10.4. The third-order valence-corrected chi connectivity index (χ3v) is 4.85. The number of allylic oxidation sites excluding steroid dienone is 2. The summed E-state index contributed by atoms with van der Waals surface area (Å²) in [5.74, 6) is -0.481. The van der Waals surface area contributed by atoms with E-state index in [1.807, 2.05) is 0 Å². The van der Waals surface area contributed by atoms with Gasteiger partial charge in [0.25, 0.3) is 0 Å². The van der Waals surface area contributed by atoms with Gasteiger partial charge in [-0.05, 0) is 49.9 Å². The summed E-state index contributed by atoms with van der Waals surface area (Å²) in [7, 11) is 0. The number of rotatable bonds is 9. The van der Waals surface area contributed by atoms with Crippen molar-refractivity contribution in [3.63, 3.8) is 0 Å². The first-order valence-corrected chi connectivity index (χ1v) is 9.70. The summed E-state index contributed by atoms with van der Waals surface area (Å²) in [6.07, 6.45) is 2.64. The van der Waals surface area contributed by atoms with Gasteiger partial charge in [-0.2, -0.15) is 5.10 Å². The monoisotopic (exact) mass is 424 g/mol. The van der Waals surface area contributed by atoms with E-state index >= 15 is 0 Å². The lowest BCUT2D eigenvalue weighted by Gasteiger charge is -2.27. The Labute approximate surface area is 171 Å². The normalized spacial score (nSPS) is 20.8. The number of hydrogen-bond donors (Lipinski definition) is 2. The van der Waals surface area contributed by atoms with Crippen molar-refractivity contribution in [2.45, 2.75) is 37.9 Å². The van der Waals surface area contributed by atoms with E-state index in [9.17, 15) is 17.6 Å². The second-order valence-electron chi connectivity index (χ2n) is 7.03. The number of nitrogens with zero attached hydrogens (tertiary/aromatic N) is 4. The SMILES string of the molecule is C=N/C(=C\C=C(\F)CNC1CNCCC1F)c1cnc2cc(CCC(F)F)cnn12. The molecule has 1 aliphatic rings. The van der Waals surface area contributed by atoms with Crippen molar-refractivity contribution in [1.82, 2.24) is 25.2 Å². The van der Waals surface area contributed by atoms with Crippen LogP contribution < -0.4 is 10.6 Å². The average molecular weight is 424 g/mol. The first kappa shape index (κ1) is 22.1. The largest absolute Gasteiger partial charge is 0.315 e. The highest BCUT2D eigenvalue weighted by Gasteiger charge is 2.23. The van der Waals surface area contributed by atoms with Gasteiger partial charge >= 0.3 is 0 Å². The fraction of sp³-hybridized carbons (Fsp3) is 0.450. The van der Waals surface area contributed by atoms with Gasteiger partial charge in [0, 0.05) is 19.5 Å². The summed E-state index contributed by atoms with van der Waals surface area (Å²) in [6, 6.07) is 1.24. The van der Waals surface area contributed by atoms with E-state index in [2.05, 4.69) is 32.4 Å². The number of nitrogens with one attached hydrogen (secondary N) is 2. The molecule has 3 rings (SSSR count). The predicted octanol–water partition coefficient (Wildman–Crippen LogP) is 3.11. The van der Waals surface area contributed by atoms with Gasteiger partial charge in [-0.25, -0.2) is 27.1 Å². The van der Waals surface area contributed by atoms with Gasteiger partial charge in [0.05, 0.1) is 24.1 Å². The van der Waals surface area contributed by atoms with Crippen LogP contribution in [0.2, 0.25) is 0 Å². The molecule has 0 amide bonds. The van der Waals surface area contributed by atoms with Crippen LogP contribution in [0, 0.1) is 0 Å². The van der Waals surface area contributed by atoms with Crippen molar-refractivity contribution in [1.29, 1.82) is 0 Å². The van der Waals surface area contributed by atoms with Gasteiger partial charge < -0.3 is 10.6 Å². The molecule has 0 radical (unpaired) electrons. The van der Waals surface area contributed by atoms with Crippen LogP contribution in [0.25, 0.3) is 11.3 Å². The maximum Gasteiger partial charge on any atom is 0.239 e. The standard InChI is InChI=1S/C20H24F4N6/c1-25-16(4-3-14(21)10-27-17-11-26-7-6-15(17)22)18-12-28-20-8-13(2-5-19(23)24)9-29-30(18)20/h3-4,8-9,12,15,17,19,26-27H,1-2,5-7,10-11H2/b14-3+,16-4-. The molecule has 1 fully saturated rings.